The fraction of sp³-hybridized carbons (Fsp3) is 0.231. The van der Waals surface area contributed by atoms with Gasteiger partial charge in [-0.1, -0.05) is 24.3 Å². The summed E-state index contributed by atoms with van der Waals surface area (Å²) in [5, 5.41) is 0. The average molecular weight is 214 g/mol. The molecule has 3 heteroatoms. The molecule has 0 atom stereocenters. The third-order valence-corrected chi connectivity index (χ3v) is 2.62. The van der Waals surface area contributed by atoms with Crippen molar-refractivity contribution in [2.24, 2.45) is 0 Å². The van der Waals surface area contributed by atoms with E-state index in [0.717, 1.165) is 11.3 Å². The zero-order valence-corrected chi connectivity index (χ0v) is 9.47. The van der Waals surface area contributed by atoms with E-state index in [1.54, 1.807) is 17.0 Å². The van der Waals surface area contributed by atoms with Gasteiger partial charge in [-0.2, -0.15) is 0 Å². The normalized spacial score (nSPS) is 10.4. The van der Waals surface area contributed by atoms with Gasteiger partial charge in [0.1, 0.15) is 0 Å². The van der Waals surface area contributed by atoms with E-state index in [0.29, 0.717) is 6.54 Å². The molecule has 0 amide bonds. The molecule has 0 bridgehead atoms. The van der Waals surface area contributed by atoms with Gasteiger partial charge in [0.25, 0.3) is 5.56 Å². The average Bonchev–Trinajstić information content (AvgIpc) is 2.25. The van der Waals surface area contributed by atoms with Crippen molar-refractivity contribution in [1.29, 1.82) is 0 Å². The fourth-order valence-corrected chi connectivity index (χ4v) is 1.61. The summed E-state index contributed by atoms with van der Waals surface area (Å²) in [6, 6.07) is 9.60. The van der Waals surface area contributed by atoms with E-state index in [4.69, 9.17) is 0 Å². The van der Waals surface area contributed by atoms with Gasteiger partial charge in [-0.05, 0) is 25.0 Å². The molecular formula is C13H14N2O. The number of benzene rings is 1. The predicted molar refractivity (Wildman–Crippen MR) is 63.5 cm³/mol. The van der Waals surface area contributed by atoms with Crippen LogP contribution in [-0.2, 0) is 6.54 Å². The Kier molecular flexibility index (Phi) is 2.86. The minimum Gasteiger partial charge on any atom is -0.295 e. The third-order valence-electron chi connectivity index (χ3n) is 2.62. The summed E-state index contributed by atoms with van der Waals surface area (Å²) in [6.45, 7) is 4.44. The van der Waals surface area contributed by atoms with E-state index < -0.39 is 0 Å². The lowest BCUT2D eigenvalue weighted by atomic mass is 10.1. The second-order valence-corrected chi connectivity index (χ2v) is 3.92. The van der Waals surface area contributed by atoms with Crippen molar-refractivity contribution in [3.05, 3.63) is 63.8 Å². The molecule has 0 spiro atoms. The maximum atomic E-state index is 11.7. The Hall–Kier alpha value is -1.90. The molecular weight excluding hydrogens is 200 g/mol. The molecule has 0 fully saturated rings. The highest BCUT2D eigenvalue weighted by Crippen LogP contribution is 2.07. The summed E-state index contributed by atoms with van der Waals surface area (Å²) in [5.74, 6) is 0. The molecule has 2 rings (SSSR count). The van der Waals surface area contributed by atoms with Crippen LogP contribution in [0.1, 0.15) is 16.8 Å². The Morgan fingerprint density at radius 1 is 1.25 bits per heavy atom. The van der Waals surface area contributed by atoms with Gasteiger partial charge < -0.3 is 0 Å². The monoisotopic (exact) mass is 214 g/mol. The Morgan fingerprint density at radius 2 is 2.00 bits per heavy atom. The Labute approximate surface area is 94.4 Å². The lowest BCUT2D eigenvalue weighted by Gasteiger charge is -2.07. The van der Waals surface area contributed by atoms with Crippen LogP contribution in [0.5, 0.6) is 0 Å². The van der Waals surface area contributed by atoms with Gasteiger partial charge in [0.2, 0.25) is 0 Å². The summed E-state index contributed by atoms with van der Waals surface area (Å²) in [5.41, 5.74) is 3.09. The Morgan fingerprint density at radius 3 is 2.69 bits per heavy atom. The SMILES string of the molecule is Cc1cc(=O)n(Cc2ccccc2C)cn1. The van der Waals surface area contributed by atoms with Crippen LogP contribution in [0.15, 0.2) is 41.5 Å². The topological polar surface area (TPSA) is 34.9 Å². The summed E-state index contributed by atoms with van der Waals surface area (Å²) < 4.78 is 1.62. The van der Waals surface area contributed by atoms with Gasteiger partial charge in [-0.15, -0.1) is 0 Å². The van der Waals surface area contributed by atoms with E-state index in [-0.39, 0.29) is 5.56 Å². The molecule has 1 aromatic heterocycles. The Balaban J connectivity index is 2.35. The molecule has 0 aliphatic rings. The van der Waals surface area contributed by atoms with Gasteiger partial charge >= 0.3 is 0 Å². The lowest BCUT2D eigenvalue weighted by Crippen LogP contribution is -2.20. The van der Waals surface area contributed by atoms with Crippen molar-refractivity contribution >= 4 is 0 Å². The summed E-state index contributed by atoms with van der Waals surface area (Å²) in [7, 11) is 0. The minimum atomic E-state index is -0.00393. The third kappa shape index (κ3) is 2.19. The molecule has 82 valence electrons. The van der Waals surface area contributed by atoms with E-state index in [1.807, 2.05) is 38.1 Å². The first-order chi connectivity index (χ1) is 7.66. The number of hydrogen-bond acceptors (Lipinski definition) is 2. The predicted octanol–water partition coefficient (Wildman–Crippen LogP) is 1.91. The Bertz CT molecular complexity index is 558. The maximum Gasteiger partial charge on any atom is 0.253 e. The van der Waals surface area contributed by atoms with Gasteiger partial charge in [0.15, 0.2) is 0 Å². The first-order valence-electron chi connectivity index (χ1n) is 5.24. The molecule has 2 aromatic rings. The van der Waals surface area contributed by atoms with Crippen molar-refractivity contribution in [2.75, 3.05) is 0 Å². The summed E-state index contributed by atoms with van der Waals surface area (Å²) in [4.78, 5) is 15.8. The van der Waals surface area contributed by atoms with Crippen LogP contribution >= 0.6 is 0 Å². The molecule has 1 aromatic carbocycles. The van der Waals surface area contributed by atoms with Gasteiger partial charge in [-0.25, -0.2) is 4.98 Å². The smallest absolute Gasteiger partial charge is 0.253 e. The van der Waals surface area contributed by atoms with Crippen LogP contribution in [-0.4, -0.2) is 9.55 Å². The summed E-state index contributed by atoms with van der Waals surface area (Å²) >= 11 is 0. The zero-order valence-electron chi connectivity index (χ0n) is 9.47. The number of aryl methyl sites for hydroxylation is 2. The molecule has 0 unspecified atom stereocenters. The van der Waals surface area contributed by atoms with Crippen LogP contribution < -0.4 is 5.56 Å². The van der Waals surface area contributed by atoms with Crippen molar-refractivity contribution in [2.45, 2.75) is 20.4 Å². The largest absolute Gasteiger partial charge is 0.295 e. The molecule has 0 saturated carbocycles. The molecule has 0 aliphatic carbocycles. The number of aromatic nitrogens is 2. The maximum absolute atomic E-state index is 11.7. The van der Waals surface area contributed by atoms with Crippen LogP contribution in [0.3, 0.4) is 0 Å². The minimum absolute atomic E-state index is 0.00393. The molecule has 16 heavy (non-hydrogen) atoms. The van der Waals surface area contributed by atoms with Crippen molar-refractivity contribution in [3.8, 4) is 0 Å². The number of rotatable bonds is 2. The second kappa shape index (κ2) is 4.31. The first kappa shape index (κ1) is 10.6. The van der Waals surface area contributed by atoms with Crippen LogP contribution in [0, 0.1) is 13.8 Å². The highest BCUT2D eigenvalue weighted by atomic mass is 16.1. The highest BCUT2D eigenvalue weighted by Gasteiger charge is 2.00. The second-order valence-electron chi connectivity index (χ2n) is 3.92. The zero-order chi connectivity index (χ0) is 11.5. The molecule has 0 saturated heterocycles. The molecule has 3 nitrogen and oxygen atoms in total. The summed E-state index contributed by atoms with van der Waals surface area (Å²) in [6.07, 6.45) is 1.60. The van der Waals surface area contributed by atoms with E-state index >= 15 is 0 Å². The lowest BCUT2D eigenvalue weighted by molar-refractivity contribution is 0.727. The van der Waals surface area contributed by atoms with Crippen LogP contribution in [0.2, 0.25) is 0 Å². The quantitative estimate of drug-likeness (QED) is 0.765. The van der Waals surface area contributed by atoms with Gasteiger partial charge in [-0.3, -0.25) is 9.36 Å². The number of hydrogen-bond donors (Lipinski definition) is 0. The van der Waals surface area contributed by atoms with E-state index in [9.17, 15) is 4.79 Å². The highest BCUT2D eigenvalue weighted by molar-refractivity contribution is 5.25. The van der Waals surface area contributed by atoms with Crippen molar-refractivity contribution in [1.82, 2.24) is 9.55 Å². The van der Waals surface area contributed by atoms with Crippen molar-refractivity contribution in [3.63, 3.8) is 0 Å². The van der Waals surface area contributed by atoms with Crippen molar-refractivity contribution < 1.29 is 0 Å². The van der Waals surface area contributed by atoms with Gasteiger partial charge in [0.05, 0.1) is 12.9 Å². The molecule has 0 radical (unpaired) electrons. The number of nitrogens with zero attached hydrogens (tertiary/aromatic N) is 2. The molecule has 1 heterocycles. The molecule has 0 aliphatic heterocycles. The molecule has 0 N–H and O–H groups in total. The van der Waals surface area contributed by atoms with E-state index in [1.165, 1.54) is 5.56 Å². The van der Waals surface area contributed by atoms with Crippen LogP contribution in [0.4, 0.5) is 0 Å². The standard InChI is InChI=1S/C13H14N2O/c1-10-5-3-4-6-12(10)8-15-9-14-11(2)7-13(15)16/h3-7,9H,8H2,1-2H3. The van der Waals surface area contributed by atoms with E-state index in [2.05, 4.69) is 4.98 Å². The van der Waals surface area contributed by atoms with Crippen LogP contribution in [0.25, 0.3) is 0 Å². The van der Waals surface area contributed by atoms with Gasteiger partial charge in [0, 0.05) is 11.8 Å². The first-order valence-corrected chi connectivity index (χ1v) is 5.24. The fourth-order valence-electron chi connectivity index (χ4n) is 1.61.